The van der Waals surface area contributed by atoms with Crippen LogP contribution in [0.5, 0.6) is 5.75 Å². The highest BCUT2D eigenvalue weighted by molar-refractivity contribution is 14.1. The topological polar surface area (TPSA) is 84.8 Å². The zero-order chi connectivity index (χ0) is 16.3. The third kappa shape index (κ3) is 4.41. The number of amides is 2. The van der Waals surface area contributed by atoms with Crippen LogP contribution in [0.15, 0.2) is 28.1 Å². The van der Waals surface area contributed by atoms with Crippen LogP contribution in [-0.4, -0.2) is 23.0 Å². The van der Waals surface area contributed by atoms with Gasteiger partial charge in [0.1, 0.15) is 5.75 Å². The molecule has 0 radical (unpaired) electrons. The SMILES string of the molecule is CC(=O)NC1=NC(=O)/C(=C/c2ccc(OC(C)=O)c(I)c2)S1. The summed E-state index contributed by atoms with van der Waals surface area (Å²) in [6.45, 7) is 2.69. The van der Waals surface area contributed by atoms with Crippen LogP contribution in [0, 0.1) is 3.57 Å². The summed E-state index contributed by atoms with van der Waals surface area (Å²) in [5.74, 6) is -0.594. The Hall–Kier alpha value is -1.68. The lowest BCUT2D eigenvalue weighted by atomic mass is 10.2. The molecule has 0 unspecified atom stereocenters. The summed E-state index contributed by atoms with van der Waals surface area (Å²) < 4.78 is 5.79. The molecule has 0 saturated carbocycles. The Morgan fingerprint density at radius 1 is 1.36 bits per heavy atom. The molecule has 114 valence electrons. The molecule has 2 amide bonds. The lowest BCUT2D eigenvalue weighted by Crippen LogP contribution is -2.23. The standard InChI is InChI=1S/C14H11IN2O4S/c1-7(18)16-14-17-13(20)12(22-14)6-9-3-4-11(10(15)5-9)21-8(2)19/h3-6H,1-2H3,(H,16,17,18,20)/b12-6-. The summed E-state index contributed by atoms with van der Waals surface area (Å²) in [6, 6.07) is 5.18. The molecule has 1 aliphatic heterocycles. The van der Waals surface area contributed by atoms with E-state index in [0.29, 0.717) is 10.7 Å². The van der Waals surface area contributed by atoms with Gasteiger partial charge < -0.3 is 10.1 Å². The number of ether oxygens (including phenoxy) is 1. The van der Waals surface area contributed by atoms with Gasteiger partial charge in [-0.3, -0.25) is 14.4 Å². The number of nitrogens with one attached hydrogen (secondary N) is 1. The van der Waals surface area contributed by atoms with Crippen molar-refractivity contribution in [3.05, 3.63) is 32.2 Å². The smallest absolute Gasteiger partial charge is 0.308 e. The van der Waals surface area contributed by atoms with Crippen LogP contribution in [0.2, 0.25) is 0 Å². The van der Waals surface area contributed by atoms with Gasteiger partial charge in [0.05, 0.1) is 8.48 Å². The molecular weight excluding hydrogens is 419 g/mol. The van der Waals surface area contributed by atoms with Crippen molar-refractivity contribution in [2.75, 3.05) is 0 Å². The highest BCUT2D eigenvalue weighted by Gasteiger charge is 2.22. The van der Waals surface area contributed by atoms with E-state index in [4.69, 9.17) is 4.74 Å². The van der Waals surface area contributed by atoms with Crippen molar-refractivity contribution in [3.63, 3.8) is 0 Å². The maximum atomic E-state index is 11.8. The van der Waals surface area contributed by atoms with Crippen LogP contribution in [0.25, 0.3) is 6.08 Å². The van der Waals surface area contributed by atoms with E-state index in [9.17, 15) is 14.4 Å². The van der Waals surface area contributed by atoms with Crippen molar-refractivity contribution in [2.24, 2.45) is 4.99 Å². The fourth-order valence-electron chi connectivity index (χ4n) is 1.61. The molecule has 0 atom stereocenters. The molecule has 1 aromatic carbocycles. The molecule has 0 aliphatic carbocycles. The average Bonchev–Trinajstić information content (AvgIpc) is 2.71. The van der Waals surface area contributed by atoms with Crippen LogP contribution in [-0.2, 0) is 14.4 Å². The molecule has 1 N–H and O–H groups in total. The summed E-state index contributed by atoms with van der Waals surface area (Å²) in [5.41, 5.74) is 0.774. The number of hydrogen-bond donors (Lipinski definition) is 1. The van der Waals surface area contributed by atoms with Crippen LogP contribution in [0.3, 0.4) is 0 Å². The number of amidine groups is 1. The molecular formula is C14H11IN2O4S. The normalized spacial score (nSPS) is 15.7. The Morgan fingerprint density at radius 2 is 2.09 bits per heavy atom. The summed E-state index contributed by atoms with van der Waals surface area (Å²) in [6.07, 6.45) is 1.67. The van der Waals surface area contributed by atoms with Gasteiger partial charge >= 0.3 is 5.97 Å². The van der Waals surface area contributed by atoms with E-state index < -0.39 is 5.91 Å². The highest BCUT2D eigenvalue weighted by atomic mass is 127. The zero-order valence-corrected chi connectivity index (χ0v) is 14.6. The first kappa shape index (κ1) is 16.7. The molecule has 0 spiro atoms. The summed E-state index contributed by atoms with van der Waals surface area (Å²) in [5, 5.41) is 2.76. The van der Waals surface area contributed by atoms with Gasteiger partial charge in [0.15, 0.2) is 5.17 Å². The molecule has 0 aromatic heterocycles. The van der Waals surface area contributed by atoms with Crippen LogP contribution < -0.4 is 10.1 Å². The number of hydrogen-bond acceptors (Lipinski definition) is 5. The third-order valence-electron chi connectivity index (χ3n) is 2.41. The molecule has 0 bridgehead atoms. The van der Waals surface area contributed by atoms with Gasteiger partial charge in [0.2, 0.25) is 5.91 Å². The van der Waals surface area contributed by atoms with Gasteiger partial charge in [-0.25, -0.2) is 0 Å². The quantitative estimate of drug-likeness (QED) is 0.337. The first-order chi connectivity index (χ1) is 10.3. The number of aliphatic imine (C=N–C) groups is 1. The second-order valence-corrected chi connectivity index (χ2v) is 6.49. The molecule has 8 heteroatoms. The molecule has 0 saturated heterocycles. The molecule has 0 fully saturated rings. The van der Waals surface area contributed by atoms with Gasteiger partial charge in [0.25, 0.3) is 5.91 Å². The molecule has 1 aliphatic rings. The van der Waals surface area contributed by atoms with E-state index in [1.165, 1.54) is 13.8 Å². The fourth-order valence-corrected chi connectivity index (χ4v) is 3.12. The predicted octanol–water partition coefficient (Wildman–Crippen LogP) is 2.32. The van der Waals surface area contributed by atoms with E-state index in [1.54, 1.807) is 24.3 Å². The molecule has 1 heterocycles. The summed E-state index contributed by atoms with van der Waals surface area (Å²) in [7, 11) is 0. The van der Waals surface area contributed by atoms with Crippen molar-refractivity contribution < 1.29 is 19.1 Å². The Bertz CT molecular complexity index is 728. The van der Waals surface area contributed by atoms with Crippen molar-refractivity contribution in [1.29, 1.82) is 0 Å². The predicted molar refractivity (Wildman–Crippen MR) is 92.3 cm³/mol. The van der Waals surface area contributed by atoms with Crippen molar-refractivity contribution >= 4 is 63.4 Å². The average molecular weight is 430 g/mol. The second kappa shape index (κ2) is 7.05. The molecule has 1 aromatic rings. The highest BCUT2D eigenvalue weighted by Crippen LogP contribution is 2.29. The number of esters is 1. The number of nitrogens with zero attached hydrogens (tertiary/aromatic N) is 1. The van der Waals surface area contributed by atoms with Crippen molar-refractivity contribution in [2.45, 2.75) is 13.8 Å². The first-order valence-electron chi connectivity index (χ1n) is 6.13. The summed E-state index contributed by atoms with van der Waals surface area (Å²) >= 11 is 3.15. The van der Waals surface area contributed by atoms with Crippen LogP contribution >= 0.6 is 34.4 Å². The van der Waals surface area contributed by atoms with Gasteiger partial charge in [-0.15, -0.1) is 0 Å². The number of carbonyl (C=O) groups excluding carboxylic acids is 3. The number of thioether (sulfide) groups is 1. The minimum atomic E-state index is -0.396. The molecule has 6 nitrogen and oxygen atoms in total. The largest absolute Gasteiger partial charge is 0.426 e. The minimum Gasteiger partial charge on any atom is -0.426 e. The monoisotopic (exact) mass is 430 g/mol. The van der Waals surface area contributed by atoms with Gasteiger partial charge in [-0.05, 0) is 58.1 Å². The van der Waals surface area contributed by atoms with Gasteiger partial charge in [-0.1, -0.05) is 6.07 Å². The van der Waals surface area contributed by atoms with E-state index in [0.717, 1.165) is 20.9 Å². The Kier molecular flexibility index (Phi) is 5.35. The second-order valence-electron chi connectivity index (χ2n) is 4.30. The van der Waals surface area contributed by atoms with E-state index in [1.807, 2.05) is 22.6 Å². The van der Waals surface area contributed by atoms with E-state index in [-0.39, 0.29) is 17.0 Å². The van der Waals surface area contributed by atoms with Crippen LogP contribution in [0.1, 0.15) is 19.4 Å². The Morgan fingerprint density at radius 3 is 2.68 bits per heavy atom. The first-order valence-corrected chi connectivity index (χ1v) is 8.03. The fraction of sp³-hybridized carbons (Fsp3) is 0.143. The maximum absolute atomic E-state index is 11.8. The third-order valence-corrected chi connectivity index (χ3v) is 4.15. The molecule has 22 heavy (non-hydrogen) atoms. The number of carbonyl (C=O) groups is 3. The summed E-state index contributed by atoms with van der Waals surface area (Å²) in [4.78, 5) is 37.9. The lowest BCUT2D eigenvalue weighted by Gasteiger charge is -2.05. The zero-order valence-electron chi connectivity index (χ0n) is 11.7. The maximum Gasteiger partial charge on any atom is 0.308 e. The van der Waals surface area contributed by atoms with Crippen molar-refractivity contribution in [1.82, 2.24) is 5.32 Å². The number of halogens is 1. The van der Waals surface area contributed by atoms with Crippen molar-refractivity contribution in [3.8, 4) is 5.75 Å². The lowest BCUT2D eigenvalue weighted by molar-refractivity contribution is -0.132. The van der Waals surface area contributed by atoms with Gasteiger partial charge in [0, 0.05) is 13.8 Å². The van der Waals surface area contributed by atoms with E-state index >= 15 is 0 Å². The van der Waals surface area contributed by atoms with Crippen LogP contribution in [0.4, 0.5) is 0 Å². The molecule has 2 rings (SSSR count). The number of benzene rings is 1. The Labute approximate surface area is 144 Å². The number of rotatable bonds is 2. The van der Waals surface area contributed by atoms with Gasteiger partial charge in [-0.2, -0.15) is 4.99 Å². The van der Waals surface area contributed by atoms with E-state index in [2.05, 4.69) is 10.3 Å². The minimum absolute atomic E-state index is 0.273. The Balaban J connectivity index is 2.17.